The third-order valence-corrected chi connectivity index (χ3v) is 2.06. The summed E-state index contributed by atoms with van der Waals surface area (Å²) in [7, 11) is 2.33. The topological polar surface area (TPSA) is 44.2 Å². The van der Waals surface area contributed by atoms with Crippen molar-refractivity contribution in [1.29, 1.82) is 0 Å². The summed E-state index contributed by atoms with van der Waals surface area (Å²) < 4.78 is 47.4. The fourth-order valence-corrected chi connectivity index (χ4v) is 1.33. The Kier molecular flexibility index (Phi) is 3.93. The first-order valence-corrected chi connectivity index (χ1v) is 4.44. The van der Waals surface area contributed by atoms with Crippen LogP contribution in [0, 0.1) is 0 Å². The standard InChI is InChI=1S/C8H8ClF3N2O2/c1-15-3-4-5(8(10,11)12)7(16-2)14-13-6(4)9/h3H2,1-2H3. The van der Waals surface area contributed by atoms with Crippen LogP contribution < -0.4 is 4.74 Å². The van der Waals surface area contributed by atoms with Crippen LogP contribution in [0.15, 0.2) is 0 Å². The molecule has 90 valence electrons. The molecule has 0 bridgehead atoms. The number of alkyl halides is 3. The zero-order chi connectivity index (χ0) is 12.3. The molecule has 0 aliphatic heterocycles. The van der Waals surface area contributed by atoms with E-state index >= 15 is 0 Å². The summed E-state index contributed by atoms with van der Waals surface area (Å²) in [6.45, 7) is -0.320. The van der Waals surface area contributed by atoms with Crippen molar-refractivity contribution >= 4 is 11.6 Å². The Labute approximate surface area is 94.3 Å². The van der Waals surface area contributed by atoms with Gasteiger partial charge >= 0.3 is 6.18 Å². The van der Waals surface area contributed by atoms with Crippen LogP contribution in [0.3, 0.4) is 0 Å². The number of halogens is 4. The molecule has 16 heavy (non-hydrogen) atoms. The van der Waals surface area contributed by atoms with Crippen molar-refractivity contribution in [2.24, 2.45) is 0 Å². The zero-order valence-electron chi connectivity index (χ0n) is 8.43. The number of rotatable bonds is 3. The van der Waals surface area contributed by atoms with Crippen LogP contribution >= 0.6 is 11.6 Å². The molecule has 0 fully saturated rings. The normalized spacial score (nSPS) is 11.6. The SMILES string of the molecule is COCc1c(Cl)nnc(OC)c1C(F)(F)F. The number of methoxy groups -OCH3 is 2. The lowest BCUT2D eigenvalue weighted by Gasteiger charge is -2.15. The summed E-state index contributed by atoms with van der Waals surface area (Å²) in [6.07, 6.45) is -4.63. The van der Waals surface area contributed by atoms with E-state index in [4.69, 9.17) is 11.6 Å². The lowest BCUT2D eigenvalue weighted by molar-refractivity contribution is -0.140. The number of aromatic nitrogens is 2. The number of hydrogen-bond donors (Lipinski definition) is 0. The molecular formula is C8H8ClF3N2O2. The van der Waals surface area contributed by atoms with E-state index in [2.05, 4.69) is 19.7 Å². The van der Waals surface area contributed by atoms with E-state index in [0.29, 0.717) is 0 Å². The summed E-state index contributed by atoms with van der Waals surface area (Å²) in [5.74, 6) is -0.621. The second kappa shape index (κ2) is 4.84. The number of ether oxygens (including phenoxy) is 2. The maximum Gasteiger partial charge on any atom is 0.422 e. The Morgan fingerprint density at radius 3 is 2.31 bits per heavy atom. The summed E-state index contributed by atoms with van der Waals surface area (Å²) in [4.78, 5) is 0. The largest absolute Gasteiger partial charge is 0.479 e. The molecule has 1 heterocycles. The van der Waals surface area contributed by atoms with E-state index in [1.165, 1.54) is 7.11 Å². The van der Waals surface area contributed by atoms with Gasteiger partial charge in [-0.2, -0.15) is 13.2 Å². The van der Waals surface area contributed by atoms with E-state index < -0.39 is 17.6 Å². The van der Waals surface area contributed by atoms with Crippen LogP contribution in [0.2, 0.25) is 5.15 Å². The van der Waals surface area contributed by atoms with E-state index in [1.807, 2.05) is 0 Å². The van der Waals surface area contributed by atoms with Crippen molar-refractivity contribution in [1.82, 2.24) is 10.2 Å². The van der Waals surface area contributed by atoms with Crippen molar-refractivity contribution in [2.45, 2.75) is 12.8 Å². The van der Waals surface area contributed by atoms with Crippen molar-refractivity contribution < 1.29 is 22.6 Å². The van der Waals surface area contributed by atoms with Gasteiger partial charge in [0.05, 0.1) is 13.7 Å². The van der Waals surface area contributed by atoms with E-state index in [1.54, 1.807) is 0 Å². The van der Waals surface area contributed by atoms with Crippen molar-refractivity contribution in [3.8, 4) is 5.88 Å². The van der Waals surface area contributed by atoms with Crippen LogP contribution in [0.5, 0.6) is 5.88 Å². The van der Waals surface area contributed by atoms with Gasteiger partial charge in [-0.15, -0.1) is 10.2 Å². The molecule has 0 spiro atoms. The van der Waals surface area contributed by atoms with Gasteiger partial charge in [0.1, 0.15) is 5.56 Å². The van der Waals surface area contributed by atoms with Crippen molar-refractivity contribution in [3.05, 3.63) is 16.3 Å². The average molecular weight is 257 g/mol. The van der Waals surface area contributed by atoms with Crippen LogP contribution in [-0.4, -0.2) is 24.4 Å². The Morgan fingerprint density at radius 1 is 1.25 bits per heavy atom. The molecule has 4 nitrogen and oxygen atoms in total. The molecule has 1 aromatic rings. The Morgan fingerprint density at radius 2 is 1.88 bits per heavy atom. The molecule has 0 aliphatic carbocycles. The van der Waals surface area contributed by atoms with Gasteiger partial charge in [-0.1, -0.05) is 11.6 Å². The van der Waals surface area contributed by atoms with Gasteiger partial charge in [-0.3, -0.25) is 0 Å². The molecule has 8 heteroatoms. The molecule has 0 unspecified atom stereocenters. The van der Waals surface area contributed by atoms with E-state index in [0.717, 1.165) is 7.11 Å². The predicted octanol–water partition coefficient (Wildman–Crippen LogP) is 2.30. The molecule has 0 aromatic carbocycles. The fraction of sp³-hybridized carbons (Fsp3) is 0.500. The Balaban J connectivity index is 3.42. The quantitative estimate of drug-likeness (QED) is 0.832. The van der Waals surface area contributed by atoms with Crippen LogP contribution in [-0.2, 0) is 17.5 Å². The minimum absolute atomic E-state index is 0.288. The Hall–Kier alpha value is -1.08. The number of nitrogens with zero attached hydrogens (tertiary/aromatic N) is 2. The third kappa shape index (κ3) is 2.53. The van der Waals surface area contributed by atoms with Gasteiger partial charge in [0.2, 0.25) is 5.88 Å². The summed E-state index contributed by atoms with van der Waals surface area (Å²) in [6, 6.07) is 0. The molecular weight excluding hydrogens is 249 g/mol. The molecule has 0 saturated carbocycles. The summed E-state index contributed by atoms with van der Waals surface area (Å²) >= 11 is 5.53. The maximum absolute atomic E-state index is 12.7. The van der Waals surface area contributed by atoms with Gasteiger partial charge in [-0.25, -0.2) is 0 Å². The smallest absolute Gasteiger partial charge is 0.422 e. The lowest BCUT2D eigenvalue weighted by Crippen LogP contribution is -2.14. The molecule has 0 saturated heterocycles. The molecule has 1 aromatic heterocycles. The van der Waals surface area contributed by atoms with E-state index in [9.17, 15) is 13.2 Å². The minimum atomic E-state index is -4.63. The molecule has 0 radical (unpaired) electrons. The molecule has 0 amide bonds. The second-order valence-corrected chi connectivity index (χ2v) is 3.14. The molecule has 0 N–H and O–H groups in total. The van der Waals surface area contributed by atoms with Gasteiger partial charge in [0, 0.05) is 12.7 Å². The van der Waals surface area contributed by atoms with Gasteiger partial charge in [0.15, 0.2) is 5.15 Å². The molecule has 0 aliphatic rings. The van der Waals surface area contributed by atoms with Crippen molar-refractivity contribution in [2.75, 3.05) is 14.2 Å². The van der Waals surface area contributed by atoms with Crippen LogP contribution in [0.4, 0.5) is 13.2 Å². The van der Waals surface area contributed by atoms with E-state index in [-0.39, 0.29) is 17.3 Å². The fourth-order valence-electron chi connectivity index (χ4n) is 1.14. The highest BCUT2D eigenvalue weighted by molar-refractivity contribution is 6.30. The maximum atomic E-state index is 12.7. The monoisotopic (exact) mass is 256 g/mol. The third-order valence-electron chi connectivity index (χ3n) is 1.76. The van der Waals surface area contributed by atoms with Crippen LogP contribution in [0.25, 0.3) is 0 Å². The highest BCUT2D eigenvalue weighted by Crippen LogP contribution is 2.39. The second-order valence-electron chi connectivity index (χ2n) is 2.78. The van der Waals surface area contributed by atoms with Crippen LogP contribution in [0.1, 0.15) is 11.1 Å². The molecule has 0 atom stereocenters. The summed E-state index contributed by atoms with van der Waals surface area (Å²) in [5, 5.41) is 6.23. The van der Waals surface area contributed by atoms with Crippen molar-refractivity contribution in [3.63, 3.8) is 0 Å². The Bertz CT molecular complexity index is 384. The first-order chi connectivity index (χ1) is 7.41. The average Bonchev–Trinajstić information content (AvgIpc) is 2.19. The van der Waals surface area contributed by atoms with Gasteiger partial charge in [0.25, 0.3) is 0 Å². The first kappa shape index (κ1) is 13.0. The van der Waals surface area contributed by atoms with Gasteiger partial charge in [-0.05, 0) is 0 Å². The minimum Gasteiger partial charge on any atom is -0.479 e. The predicted molar refractivity (Wildman–Crippen MR) is 49.3 cm³/mol. The highest BCUT2D eigenvalue weighted by Gasteiger charge is 2.39. The zero-order valence-corrected chi connectivity index (χ0v) is 9.19. The first-order valence-electron chi connectivity index (χ1n) is 4.07. The molecule has 1 rings (SSSR count). The van der Waals surface area contributed by atoms with Gasteiger partial charge < -0.3 is 9.47 Å². The highest BCUT2D eigenvalue weighted by atomic mass is 35.5. The number of hydrogen-bond acceptors (Lipinski definition) is 4. The summed E-state index contributed by atoms with van der Waals surface area (Å²) in [5.41, 5.74) is -1.35. The lowest BCUT2D eigenvalue weighted by atomic mass is 10.1.